The van der Waals surface area contributed by atoms with E-state index in [1.165, 1.54) is 18.2 Å². The molecule has 1 fully saturated rings. The highest BCUT2D eigenvalue weighted by Crippen LogP contribution is 2.30. The van der Waals surface area contributed by atoms with Crippen LogP contribution in [0.4, 0.5) is 23.7 Å². The molecule has 2 aromatic carbocycles. The lowest BCUT2D eigenvalue weighted by atomic mass is 10.2. The van der Waals surface area contributed by atoms with E-state index in [4.69, 9.17) is 4.74 Å². The number of hydrogen-bond donors (Lipinski definition) is 2. The standard InChI is InChI=1S/C19H13F3N2O4S/c20-19(21,22)12-2-1-3-13(9-12)23-16(25)10-28-14-6-4-11(5-7-14)8-15-17(26)24-18(27)29-15/h1-9H,10H2,(H,23,25)(H,24,26,27)/b15-8+. The SMILES string of the molecule is O=C(COc1ccc(/C=C2/SC(=O)NC2=O)cc1)Nc1cccc(C(F)(F)F)c1. The fraction of sp³-hybridized carbons (Fsp3) is 0.105. The Morgan fingerprint density at radius 2 is 1.86 bits per heavy atom. The van der Waals surface area contributed by atoms with Crippen molar-refractivity contribution in [3.05, 3.63) is 64.6 Å². The van der Waals surface area contributed by atoms with Crippen molar-refractivity contribution in [1.29, 1.82) is 0 Å². The van der Waals surface area contributed by atoms with Crippen molar-refractivity contribution in [2.24, 2.45) is 0 Å². The molecule has 10 heteroatoms. The minimum absolute atomic E-state index is 0.0114. The molecule has 6 nitrogen and oxygen atoms in total. The maximum Gasteiger partial charge on any atom is 0.416 e. The van der Waals surface area contributed by atoms with E-state index in [1.807, 2.05) is 0 Å². The van der Waals surface area contributed by atoms with Gasteiger partial charge in [-0.05, 0) is 53.7 Å². The third kappa shape index (κ3) is 5.61. The largest absolute Gasteiger partial charge is 0.484 e. The molecular weight excluding hydrogens is 409 g/mol. The number of benzene rings is 2. The quantitative estimate of drug-likeness (QED) is 0.711. The molecule has 0 spiro atoms. The number of alkyl halides is 3. The summed E-state index contributed by atoms with van der Waals surface area (Å²) in [5.41, 5.74) is -0.202. The van der Waals surface area contributed by atoms with Gasteiger partial charge in [0.05, 0.1) is 10.5 Å². The summed E-state index contributed by atoms with van der Waals surface area (Å²) >= 11 is 0.797. The van der Waals surface area contributed by atoms with Gasteiger partial charge in [-0.1, -0.05) is 18.2 Å². The van der Waals surface area contributed by atoms with Crippen LogP contribution >= 0.6 is 11.8 Å². The Morgan fingerprint density at radius 1 is 1.14 bits per heavy atom. The van der Waals surface area contributed by atoms with Crippen LogP contribution in [0.15, 0.2) is 53.4 Å². The summed E-state index contributed by atoms with van der Waals surface area (Å²) < 4.78 is 43.4. The van der Waals surface area contributed by atoms with Crippen molar-refractivity contribution in [3.63, 3.8) is 0 Å². The van der Waals surface area contributed by atoms with Crippen molar-refractivity contribution in [3.8, 4) is 5.75 Å². The Bertz CT molecular complexity index is 988. The number of ether oxygens (including phenoxy) is 1. The number of carbonyl (C=O) groups excluding carboxylic acids is 3. The first kappa shape index (κ1) is 20.5. The van der Waals surface area contributed by atoms with Gasteiger partial charge < -0.3 is 10.1 Å². The maximum absolute atomic E-state index is 12.7. The summed E-state index contributed by atoms with van der Waals surface area (Å²) in [7, 11) is 0. The predicted molar refractivity (Wildman–Crippen MR) is 101 cm³/mol. The van der Waals surface area contributed by atoms with Gasteiger partial charge >= 0.3 is 6.18 Å². The zero-order valence-electron chi connectivity index (χ0n) is 14.6. The van der Waals surface area contributed by atoms with Gasteiger partial charge in [0.1, 0.15) is 5.75 Å². The Kier molecular flexibility index (Phi) is 5.92. The van der Waals surface area contributed by atoms with Crippen LogP contribution in [-0.4, -0.2) is 23.7 Å². The third-order valence-corrected chi connectivity index (χ3v) is 4.47. The molecule has 0 bridgehead atoms. The van der Waals surface area contributed by atoms with Crippen LogP contribution in [-0.2, 0) is 15.8 Å². The van der Waals surface area contributed by atoms with E-state index in [2.05, 4.69) is 10.6 Å². The number of carbonyl (C=O) groups is 3. The second-order valence-corrected chi connectivity index (χ2v) is 6.85. The molecule has 0 aromatic heterocycles. The van der Waals surface area contributed by atoms with Gasteiger partial charge in [-0.15, -0.1) is 0 Å². The molecule has 29 heavy (non-hydrogen) atoms. The molecular formula is C19H13F3N2O4S. The zero-order valence-corrected chi connectivity index (χ0v) is 15.4. The van der Waals surface area contributed by atoms with Gasteiger partial charge in [0.15, 0.2) is 6.61 Å². The van der Waals surface area contributed by atoms with E-state index >= 15 is 0 Å². The normalized spacial score (nSPS) is 15.3. The molecule has 0 unspecified atom stereocenters. The fourth-order valence-corrected chi connectivity index (χ4v) is 3.03. The Hall–Kier alpha value is -3.27. The molecule has 0 radical (unpaired) electrons. The van der Waals surface area contributed by atoms with Gasteiger partial charge in [-0.2, -0.15) is 13.2 Å². The van der Waals surface area contributed by atoms with Crippen molar-refractivity contribution in [1.82, 2.24) is 5.32 Å². The van der Waals surface area contributed by atoms with Gasteiger partial charge in [0, 0.05) is 5.69 Å². The molecule has 2 N–H and O–H groups in total. The monoisotopic (exact) mass is 422 g/mol. The first-order chi connectivity index (χ1) is 13.7. The number of anilines is 1. The van der Waals surface area contributed by atoms with E-state index in [1.54, 1.807) is 24.3 Å². The van der Waals surface area contributed by atoms with Crippen molar-refractivity contribution < 1.29 is 32.3 Å². The molecule has 1 aliphatic heterocycles. The number of amides is 3. The highest BCUT2D eigenvalue weighted by molar-refractivity contribution is 8.18. The van der Waals surface area contributed by atoms with Crippen LogP contribution in [0.25, 0.3) is 6.08 Å². The van der Waals surface area contributed by atoms with Crippen LogP contribution in [0, 0.1) is 0 Å². The molecule has 0 saturated carbocycles. The molecule has 150 valence electrons. The lowest BCUT2D eigenvalue weighted by Gasteiger charge is -2.10. The van der Waals surface area contributed by atoms with Crippen LogP contribution in [0.3, 0.4) is 0 Å². The van der Waals surface area contributed by atoms with Crippen LogP contribution in [0.2, 0.25) is 0 Å². The number of rotatable bonds is 5. The lowest BCUT2D eigenvalue weighted by molar-refractivity contribution is -0.137. The van der Waals surface area contributed by atoms with Gasteiger partial charge in [0.25, 0.3) is 17.1 Å². The zero-order chi connectivity index (χ0) is 21.0. The summed E-state index contributed by atoms with van der Waals surface area (Å²) in [6, 6.07) is 10.7. The van der Waals surface area contributed by atoms with Crippen LogP contribution in [0.5, 0.6) is 5.75 Å². The molecule has 3 amide bonds. The summed E-state index contributed by atoms with van der Waals surface area (Å²) in [5, 5.41) is 4.05. The van der Waals surface area contributed by atoms with E-state index in [0.717, 1.165) is 23.9 Å². The van der Waals surface area contributed by atoms with Crippen molar-refractivity contribution >= 4 is 40.6 Å². The summed E-state index contributed by atoms with van der Waals surface area (Å²) in [6.45, 7) is -0.399. The molecule has 2 aromatic rings. The minimum atomic E-state index is -4.50. The molecule has 1 saturated heterocycles. The Balaban J connectivity index is 1.55. The van der Waals surface area contributed by atoms with E-state index in [9.17, 15) is 27.6 Å². The average Bonchev–Trinajstić information content (AvgIpc) is 2.97. The number of halogens is 3. The average molecular weight is 422 g/mol. The smallest absolute Gasteiger partial charge is 0.416 e. The van der Waals surface area contributed by atoms with E-state index in [0.29, 0.717) is 11.3 Å². The second kappa shape index (κ2) is 8.39. The summed E-state index contributed by atoms with van der Waals surface area (Å²) in [5.74, 6) is -0.731. The summed E-state index contributed by atoms with van der Waals surface area (Å²) in [4.78, 5) is 34.8. The third-order valence-electron chi connectivity index (χ3n) is 3.66. The second-order valence-electron chi connectivity index (χ2n) is 5.84. The van der Waals surface area contributed by atoms with E-state index < -0.39 is 35.4 Å². The van der Waals surface area contributed by atoms with Gasteiger partial charge in [-0.25, -0.2) is 0 Å². The number of imide groups is 1. The van der Waals surface area contributed by atoms with Gasteiger partial charge in [0.2, 0.25) is 0 Å². The number of nitrogens with one attached hydrogen (secondary N) is 2. The molecule has 3 rings (SSSR count). The first-order valence-corrected chi connectivity index (χ1v) is 8.97. The maximum atomic E-state index is 12.7. The predicted octanol–water partition coefficient (Wildman–Crippen LogP) is 4.05. The van der Waals surface area contributed by atoms with Crippen molar-refractivity contribution in [2.45, 2.75) is 6.18 Å². The number of thioether (sulfide) groups is 1. The highest BCUT2D eigenvalue weighted by Gasteiger charge is 2.30. The molecule has 1 aliphatic rings. The topological polar surface area (TPSA) is 84.5 Å². The minimum Gasteiger partial charge on any atom is -0.484 e. The van der Waals surface area contributed by atoms with Crippen LogP contribution in [0.1, 0.15) is 11.1 Å². The highest BCUT2D eigenvalue weighted by atomic mass is 32.2. The molecule has 0 aliphatic carbocycles. The number of hydrogen-bond acceptors (Lipinski definition) is 5. The molecule has 1 heterocycles. The van der Waals surface area contributed by atoms with Crippen molar-refractivity contribution in [2.75, 3.05) is 11.9 Å². The lowest BCUT2D eigenvalue weighted by Crippen LogP contribution is -2.20. The Labute approximate surface area is 167 Å². The Morgan fingerprint density at radius 3 is 2.48 bits per heavy atom. The molecule has 0 atom stereocenters. The summed E-state index contributed by atoms with van der Waals surface area (Å²) in [6.07, 6.45) is -2.96. The van der Waals surface area contributed by atoms with Crippen LogP contribution < -0.4 is 15.4 Å². The van der Waals surface area contributed by atoms with E-state index in [-0.39, 0.29) is 10.6 Å². The fourth-order valence-electron chi connectivity index (χ4n) is 2.35. The first-order valence-electron chi connectivity index (χ1n) is 8.15. The van der Waals surface area contributed by atoms with Gasteiger partial charge in [-0.3, -0.25) is 19.7 Å².